The third-order valence-corrected chi connectivity index (χ3v) is 32.6. The first-order chi connectivity index (χ1) is 52.0. The van der Waals surface area contributed by atoms with Crippen molar-refractivity contribution < 1.29 is 158 Å². The van der Waals surface area contributed by atoms with Gasteiger partial charge in [-0.2, -0.15) is 0 Å². The fourth-order valence-corrected chi connectivity index (χ4v) is 24.8. The number of carboxylic acid groups (broad SMARTS) is 6. The second-order valence-corrected chi connectivity index (χ2v) is 38.6. The van der Waals surface area contributed by atoms with Gasteiger partial charge in [0.2, 0.25) is 0 Å². The number of aliphatic carboxylic acids is 6. The summed E-state index contributed by atoms with van der Waals surface area (Å²) in [5.41, 5.74) is -2.36. The van der Waals surface area contributed by atoms with E-state index < -0.39 is 203 Å². The van der Waals surface area contributed by atoms with E-state index in [4.69, 9.17) is 37.9 Å². The van der Waals surface area contributed by atoms with Gasteiger partial charge in [0, 0.05) is 34.6 Å². The predicted octanol–water partition coefficient (Wildman–Crippen LogP) is 0.169. The quantitative estimate of drug-likeness (QED) is 0.0814. The van der Waals surface area contributed by atoms with Gasteiger partial charge in [0.05, 0.1) is 12.2 Å². The Balaban J connectivity index is 0.000000208. The molecule has 628 valence electrons. The second-order valence-electron chi connectivity index (χ2n) is 38.6. The Bertz CT molecular complexity index is 3550. The van der Waals surface area contributed by atoms with Gasteiger partial charge in [-0.25, -0.2) is 19.2 Å². The van der Waals surface area contributed by atoms with Crippen LogP contribution in [0.15, 0.2) is 23.3 Å². The molecule has 0 amide bonds. The molecule has 10 aliphatic carbocycles. The van der Waals surface area contributed by atoms with Crippen LogP contribution in [0.3, 0.4) is 0 Å². The maximum absolute atomic E-state index is 14.6. The van der Waals surface area contributed by atoms with Gasteiger partial charge in [0.1, 0.15) is 73.2 Å². The molecule has 32 nitrogen and oxygen atoms in total. The Kier molecular flexibility index (Phi) is 23.9. The standard InChI is InChI=1S/2C40H58O16.Mg/c2*1-36-10-11-37(2,35(51)52)16-20(36)19-15-21(41)30-38(3)8-7-18(14-17(38)6-9-40(30,5)39(19,4)13-12-36)53-34-29(25(45)24(44)28(55-34)32(49)50)56-33-26(46)22(42)23(43)27(54-33)31(47)48;/h2*15,17-18,20,22-30,33-34,42-46H,6-14,16H2,1-5H3,(H,47,48)(H,49,50)(H,51,52);/q;;+2/p-2. The van der Waals surface area contributed by atoms with Crippen molar-refractivity contribution in [1.82, 2.24) is 0 Å². The smallest absolute Gasteiger partial charge is 0.550 e. The Labute approximate surface area is 670 Å². The number of carbonyl (C=O) groups is 8. The Morgan fingerprint density at radius 3 is 0.991 bits per heavy atom. The van der Waals surface area contributed by atoms with E-state index >= 15 is 0 Å². The van der Waals surface area contributed by atoms with Crippen LogP contribution in [0.4, 0.5) is 0 Å². The van der Waals surface area contributed by atoms with Gasteiger partial charge in [0.15, 0.2) is 61.1 Å². The van der Waals surface area contributed by atoms with Gasteiger partial charge in [-0.05, 0) is 208 Å². The maximum atomic E-state index is 14.6. The SMILES string of the molecule is CC1(C(=O)[O-])CCC2(C)CCC3(C)C(=CC(=O)C4C5(C)CCC(OC6OC(C(=O)O)C(O)C(O)C6OC6OC(C(=O)O)C(O)C(O)C6O)CC5CCC43C)C2C1.CC1(C(=O)[O-])CCC2(C)CCC3(C)C(=CC(=O)C4C5(C)CCC(OC6OC(C(=O)O)C(O)C(O)C6OC6OC(C(=O)O)C(O)C(O)C6O)CC5CCC43C)C2C1.[Mg+2]. The van der Waals surface area contributed by atoms with E-state index in [1.54, 1.807) is 13.8 Å². The Morgan fingerprint density at radius 2 is 0.681 bits per heavy atom. The van der Waals surface area contributed by atoms with Crippen LogP contribution in [-0.2, 0) is 76.3 Å². The molecule has 14 aliphatic rings. The van der Waals surface area contributed by atoms with Crippen molar-refractivity contribution >= 4 is 70.4 Å². The van der Waals surface area contributed by atoms with Crippen LogP contribution in [0.5, 0.6) is 0 Å². The molecule has 8 saturated carbocycles. The molecule has 0 bridgehead atoms. The second kappa shape index (κ2) is 30.7. The zero-order valence-electron chi connectivity index (χ0n) is 65.8. The first kappa shape index (κ1) is 88.0. The molecule has 4 saturated heterocycles. The van der Waals surface area contributed by atoms with Gasteiger partial charge >= 0.3 is 46.9 Å². The summed E-state index contributed by atoms with van der Waals surface area (Å²) >= 11 is 0. The van der Waals surface area contributed by atoms with Crippen molar-refractivity contribution in [3.63, 3.8) is 0 Å². The van der Waals surface area contributed by atoms with Gasteiger partial charge in [-0.1, -0.05) is 80.4 Å². The summed E-state index contributed by atoms with van der Waals surface area (Å²) in [4.78, 5) is 101. The van der Waals surface area contributed by atoms with Gasteiger partial charge in [-0.3, -0.25) is 9.59 Å². The van der Waals surface area contributed by atoms with E-state index in [2.05, 4.69) is 55.4 Å². The third kappa shape index (κ3) is 14.1. The molecular weight excluding hydrogens is 1500 g/mol. The predicted molar refractivity (Wildman–Crippen MR) is 381 cm³/mol. The molecule has 38 atom stereocenters. The van der Waals surface area contributed by atoms with Crippen LogP contribution in [0.1, 0.15) is 198 Å². The number of hydrogen-bond acceptors (Lipinski definition) is 28. The van der Waals surface area contributed by atoms with E-state index in [-0.39, 0.29) is 91.8 Å². The number of ketones is 2. The van der Waals surface area contributed by atoms with Crippen molar-refractivity contribution in [2.24, 2.45) is 89.7 Å². The summed E-state index contributed by atoms with van der Waals surface area (Å²) in [6.07, 6.45) is -23.4. The van der Waals surface area contributed by atoms with Crippen LogP contribution >= 0.6 is 0 Å². The molecular formula is C80H114MgO32. The summed E-state index contributed by atoms with van der Waals surface area (Å²) in [5, 5.41) is 169. The molecule has 12 fully saturated rings. The van der Waals surface area contributed by atoms with E-state index in [1.165, 1.54) is 0 Å². The van der Waals surface area contributed by atoms with Crippen molar-refractivity contribution in [2.75, 3.05) is 0 Å². The monoisotopic (exact) mass is 1610 g/mol. The molecule has 38 unspecified atom stereocenters. The molecule has 14 N–H and O–H groups in total. The minimum absolute atomic E-state index is 0. The summed E-state index contributed by atoms with van der Waals surface area (Å²) in [6, 6.07) is 0. The average Bonchev–Trinajstić information content (AvgIpc) is 0.681. The minimum Gasteiger partial charge on any atom is -0.550 e. The molecule has 4 aliphatic heterocycles. The van der Waals surface area contributed by atoms with Gasteiger partial charge in [0.25, 0.3) is 0 Å². The largest absolute Gasteiger partial charge is 2.00 e. The number of carbonyl (C=O) groups excluding carboxylic acids is 4. The third-order valence-electron chi connectivity index (χ3n) is 32.6. The first-order valence-electron chi connectivity index (χ1n) is 39.9. The van der Waals surface area contributed by atoms with Crippen molar-refractivity contribution in [1.29, 1.82) is 0 Å². The van der Waals surface area contributed by atoms with Crippen molar-refractivity contribution in [3.8, 4) is 0 Å². The summed E-state index contributed by atoms with van der Waals surface area (Å²) in [7, 11) is 0. The molecule has 0 aromatic heterocycles. The normalized spacial score (nSPS) is 52.6. The number of ether oxygens (including phenoxy) is 8. The summed E-state index contributed by atoms with van der Waals surface area (Å²) in [5.74, 6) is -9.29. The van der Waals surface area contributed by atoms with Crippen molar-refractivity contribution in [3.05, 3.63) is 23.3 Å². The van der Waals surface area contributed by atoms with Crippen molar-refractivity contribution in [2.45, 2.75) is 333 Å². The molecule has 0 spiro atoms. The topological polar surface area (TPSA) is 540 Å². The zero-order chi connectivity index (χ0) is 82.2. The van der Waals surface area contributed by atoms with Crippen LogP contribution in [0, 0.1) is 89.7 Å². The van der Waals surface area contributed by atoms with Crippen LogP contribution in [0.25, 0.3) is 0 Å². The molecule has 113 heavy (non-hydrogen) atoms. The van der Waals surface area contributed by atoms with Crippen LogP contribution < -0.4 is 10.2 Å². The summed E-state index contributed by atoms with van der Waals surface area (Å²) < 4.78 is 45.9. The van der Waals surface area contributed by atoms with Gasteiger partial charge < -0.3 is 129 Å². The number of rotatable bonds is 14. The molecule has 0 aromatic carbocycles. The first-order valence-corrected chi connectivity index (χ1v) is 39.9. The number of aliphatic hydroxyl groups excluding tert-OH is 10. The van der Waals surface area contributed by atoms with E-state index in [0.29, 0.717) is 64.2 Å². The van der Waals surface area contributed by atoms with Gasteiger partial charge in [-0.15, -0.1) is 0 Å². The Hall–Kier alpha value is -4.31. The van der Waals surface area contributed by atoms with E-state index in [1.807, 2.05) is 12.2 Å². The summed E-state index contributed by atoms with van der Waals surface area (Å²) in [6.45, 7) is 21.3. The van der Waals surface area contributed by atoms with E-state index in [9.17, 15) is 120 Å². The number of allylic oxidation sites excluding steroid dienone is 4. The Morgan fingerprint density at radius 1 is 0.381 bits per heavy atom. The minimum atomic E-state index is -2.04. The number of fused-ring (bicyclic) bond motifs is 14. The fraction of sp³-hybridized carbons (Fsp3) is 0.850. The fourth-order valence-electron chi connectivity index (χ4n) is 24.8. The molecule has 0 aromatic rings. The average molecular weight is 1610 g/mol. The van der Waals surface area contributed by atoms with Crippen LogP contribution in [0.2, 0.25) is 0 Å². The maximum Gasteiger partial charge on any atom is 2.00 e. The van der Waals surface area contributed by atoms with E-state index in [0.717, 1.165) is 75.4 Å². The molecule has 33 heteroatoms. The van der Waals surface area contributed by atoms with Crippen LogP contribution in [-0.4, -0.2) is 277 Å². The molecule has 0 radical (unpaired) electrons. The zero-order valence-corrected chi connectivity index (χ0v) is 67.2. The number of aliphatic hydroxyl groups is 10. The number of hydrogen-bond donors (Lipinski definition) is 14. The number of carboxylic acids is 6. The molecule has 4 heterocycles. The molecule has 14 rings (SSSR count).